The highest BCUT2D eigenvalue weighted by Crippen LogP contribution is 2.23. The Morgan fingerprint density at radius 1 is 1.17 bits per heavy atom. The van der Waals surface area contributed by atoms with Gasteiger partial charge in [0, 0.05) is 28.4 Å². The van der Waals surface area contributed by atoms with Crippen LogP contribution in [-0.4, -0.2) is 15.9 Å². The molecule has 23 heavy (non-hydrogen) atoms. The molecule has 0 saturated carbocycles. The molecule has 0 aliphatic heterocycles. The van der Waals surface area contributed by atoms with Crippen molar-refractivity contribution in [1.29, 1.82) is 0 Å². The summed E-state index contributed by atoms with van der Waals surface area (Å²) in [6.07, 6.45) is -1.18. The number of non-ortho nitro benzene ring substituents is 1. The fraction of sp³-hybridized carbons (Fsp3) is 0.0625. The molecule has 1 atom stereocenters. The van der Waals surface area contributed by atoms with E-state index in [9.17, 15) is 20.0 Å². The second kappa shape index (κ2) is 7.04. The number of nitro benzene ring substituents is 1. The van der Waals surface area contributed by atoms with Crippen molar-refractivity contribution >= 4 is 28.9 Å². The van der Waals surface area contributed by atoms with E-state index in [1.54, 1.807) is 24.3 Å². The fourth-order valence-corrected chi connectivity index (χ4v) is 1.97. The first-order valence-electron chi connectivity index (χ1n) is 6.56. The molecule has 6 nitrogen and oxygen atoms in total. The van der Waals surface area contributed by atoms with Crippen LogP contribution in [0.15, 0.2) is 60.7 Å². The van der Waals surface area contributed by atoms with Crippen molar-refractivity contribution in [2.45, 2.75) is 6.10 Å². The van der Waals surface area contributed by atoms with Gasteiger partial charge in [0.2, 0.25) is 0 Å². The number of halogens is 1. The normalized spacial score (nSPS) is 11.6. The number of hydrogen-bond donors (Lipinski definition) is 2. The molecule has 0 aliphatic carbocycles. The second-order valence-electron chi connectivity index (χ2n) is 4.74. The summed E-state index contributed by atoms with van der Waals surface area (Å²) in [7, 11) is 0. The molecule has 118 valence electrons. The van der Waals surface area contributed by atoms with E-state index in [0.29, 0.717) is 16.3 Å². The molecule has 0 aliphatic rings. The Labute approximate surface area is 137 Å². The molecule has 1 unspecified atom stereocenters. The Morgan fingerprint density at radius 2 is 1.74 bits per heavy atom. The van der Waals surface area contributed by atoms with E-state index in [0.717, 1.165) is 0 Å². The van der Waals surface area contributed by atoms with Gasteiger partial charge in [-0.05, 0) is 29.8 Å². The van der Waals surface area contributed by atoms with Gasteiger partial charge in [0.05, 0.1) is 4.92 Å². The number of nitrogens with one attached hydrogen (secondary N) is 1. The number of anilines is 1. The molecule has 0 spiro atoms. The minimum Gasteiger partial charge on any atom is -0.383 e. The number of carbonyl (C=O) groups is 1. The highest BCUT2D eigenvalue weighted by atomic mass is 35.5. The van der Waals surface area contributed by atoms with Crippen LogP contribution in [0, 0.1) is 10.1 Å². The minimum absolute atomic E-state index is 0.0503. The van der Waals surface area contributed by atoms with Crippen LogP contribution in [0.2, 0.25) is 5.02 Å². The van der Waals surface area contributed by atoms with E-state index in [2.05, 4.69) is 11.9 Å². The Balaban J connectivity index is 2.05. The van der Waals surface area contributed by atoms with E-state index in [1.165, 1.54) is 24.3 Å². The van der Waals surface area contributed by atoms with Gasteiger partial charge >= 0.3 is 0 Å². The highest BCUT2D eigenvalue weighted by Gasteiger charge is 2.18. The summed E-state index contributed by atoms with van der Waals surface area (Å²) >= 11 is 5.77. The lowest BCUT2D eigenvalue weighted by Gasteiger charge is -2.14. The number of nitrogens with zero attached hydrogens (tertiary/aromatic N) is 1. The van der Waals surface area contributed by atoms with E-state index in [1.807, 2.05) is 0 Å². The lowest BCUT2D eigenvalue weighted by atomic mass is 10.0. The van der Waals surface area contributed by atoms with E-state index in [4.69, 9.17) is 11.6 Å². The predicted molar refractivity (Wildman–Crippen MR) is 87.3 cm³/mol. The van der Waals surface area contributed by atoms with E-state index in [-0.39, 0.29) is 11.3 Å². The van der Waals surface area contributed by atoms with Gasteiger partial charge < -0.3 is 10.4 Å². The largest absolute Gasteiger partial charge is 0.383 e. The monoisotopic (exact) mass is 332 g/mol. The van der Waals surface area contributed by atoms with Gasteiger partial charge in [-0.1, -0.05) is 30.3 Å². The van der Waals surface area contributed by atoms with Crippen molar-refractivity contribution in [2.24, 2.45) is 0 Å². The predicted octanol–water partition coefficient (Wildman–Crippen LogP) is 3.48. The zero-order valence-corrected chi connectivity index (χ0v) is 12.7. The molecule has 2 rings (SSSR count). The molecule has 2 aromatic carbocycles. The number of carbonyl (C=O) groups excluding carboxylic acids is 1. The molecule has 0 saturated heterocycles. The molecule has 0 fully saturated rings. The summed E-state index contributed by atoms with van der Waals surface area (Å²) in [5, 5.41) is 23.8. The molecule has 1 amide bonds. The molecular formula is C16H13ClN2O4. The van der Waals surface area contributed by atoms with Gasteiger partial charge in [-0.2, -0.15) is 0 Å². The summed E-state index contributed by atoms with van der Waals surface area (Å²) in [4.78, 5) is 22.1. The molecular weight excluding hydrogens is 320 g/mol. The Bertz CT molecular complexity index is 742. The maximum atomic E-state index is 12.1. The SMILES string of the molecule is C=C(C(=O)Nc1ccc([N+](=O)[O-])cc1)C(O)c1ccc(Cl)cc1. The van der Waals surface area contributed by atoms with Gasteiger partial charge in [-0.25, -0.2) is 0 Å². The van der Waals surface area contributed by atoms with Gasteiger partial charge in [0.15, 0.2) is 0 Å². The molecule has 7 heteroatoms. The topological polar surface area (TPSA) is 92.5 Å². The number of benzene rings is 2. The third-order valence-electron chi connectivity index (χ3n) is 3.14. The maximum Gasteiger partial charge on any atom is 0.269 e. The molecule has 2 N–H and O–H groups in total. The van der Waals surface area contributed by atoms with Crippen molar-refractivity contribution in [3.05, 3.63) is 81.4 Å². The fourth-order valence-electron chi connectivity index (χ4n) is 1.85. The maximum absolute atomic E-state index is 12.1. The molecule has 0 bridgehead atoms. The lowest BCUT2D eigenvalue weighted by Crippen LogP contribution is -2.18. The minimum atomic E-state index is -1.18. The highest BCUT2D eigenvalue weighted by molar-refractivity contribution is 6.30. The van der Waals surface area contributed by atoms with Gasteiger partial charge in [-0.3, -0.25) is 14.9 Å². The van der Waals surface area contributed by atoms with Crippen LogP contribution < -0.4 is 5.32 Å². The van der Waals surface area contributed by atoms with Crippen LogP contribution in [0.4, 0.5) is 11.4 Å². The zero-order valence-electron chi connectivity index (χ0n) is 11.9. The van der Waals surface area contributed by atoms with Crippen LogP contribution in [0.25, 0.3) is 0 Å². The number of amides is 1. The van der Waals surface area contributed by atoms with Crippen LogP contribution in [0.1, 0.15) is 11.7 Å². The van der Waals surface area contributed by atoms with Crippen LogP contribution in [0.3, 0.4) is 0 Å². The standard InChI is InChI=1S/C16H13ClN2O4/c1-10(15(20)11-2-4-12(17)5-3-11)16(21)18-13-6-8-14(9-7-13)19(22)23/h2-9,15,20H,1H2,(H,18,21). The van der Waals surface area contributed by atoms with Crippen LogP contribution >= 0.6 is 11.6 Å². The number of aliphatic hydroxyl groups is 1. The third kappa shape index (κ3) is 4.15. The van der Waals surface area contributed by atoms with Crippen LogP contribution in [-0.2, 0) is 4.79 Å². The van der Waals surface area contributed by atoms with Crippen molar-refractivity contribution in [3.63, 3.8) is 0 Å². The average Bonchev–Trinajstić information content (AvgIpc) is 2.54. The quantitative estimate of drug-likeness (QED) is 0.498. The number of rotatable bonds is 5. The molecule has 2 aromatic rings. The number of aliphatic hydroxyl groups excluding tert-OH is 1. The summed E-state index contributed by atoms with van der Waals surface area (Å²) < 4.78 is 0. The molecule has 0 aromatic heterocycles. The number of hydrogen-bond acceptors (Lipinski definition) is 4. The van der Waals surface area contributed by atoms with Crippen molar-refractivity contribution in [1.82, 2.24) is 0 Å². The molecule has 0 radical (unpaired) electrons. The van der Waals surface area contributed by atoms with Crippen molar-refractivity contribution in [3.8, 4) is 0 Å². The smallest absolute Gasteiger partial charge is 0.269 e. The zero-order chi connectivity index (χ0) is 17.0. The third-order valence-corrected chi connectivity index (χ3v) is 3.40. The van der Waals surface area contributed by atoms with Crippen molar-refractivity contribution < 1.29 is 14.8 Å². The van der Waals surface area contributed by atoms with E-state index >= 15 is 0 Å². The first-order valence-corrected chi connectivity index (χ1v) is 6.94. The van der Waals surface area contributed by atoms with Gasteiger partial charge in [0.1, 0.15) is 6.10 Å². The van der Waals surface area contributed by atoms with E-state index < -0.39 is 16.9 Å². The Morgan fingerprint density at radius 3 is 2.26 bits per heavy atom. The Hall–Kier alpha value is -2.70. The first kappa shape index (κ1) is 16.7. The number of nitro groups is 1. The second-order valence-corrected chi connectivity index (χ2v) is 5.17. The summed E-state index contributed by atoms with van der Waals surface area (Å²) in [6.45, 7) is 3.59. The average molecular weight is 333 g/mol. The van der Waals surface area contributed by atoms with Gasteiger partial charge in [0.25, 0.3) is 11.6 Å². The van der Waals surface area contributed by atoms with Gasteiger partial charge in [-0.15, -0.1) is 0 Å². The first-order chi connectivity index (χ1) is 10.9. The van der Waals surface area contributed by atoms with Crippen molar-refractivity contribution in [2.75, 3.05) is 5.32 Å². The summed E-state index contributed by atoms with van der Waals surface area (Å²) in [6, 6.07) is 11.7. The summed E-state index contributed by atoms with van der Waals surface area (Å²) in [5.41, 5.74) is 0.719. The molecule has 0 heterocycles. The van der Waals surface area contributed by atoms with Crippen LogP contribution in [0.5, 0.6) is 0 Å². The lowest BCUT2D eigenvalue weighted by molar-refractivity contribution is -0.384. The summed E-state index contributed by atoms with van der Waals surface area (Å²) in [5.74, 6) is -0.582. The Kier molecular flexibility index (Phi) is 5.10.